The first-order chi connectivity index (χ1) is 9.04. The van der Waals surface area contributed by atoms with E-state index < -0.39 is 0 Å². The molecule has 1 fully saturated rings. The third-order valence-electron chi connectivity index (χ3n) is 3.61. The summed E-state index contributed by atoms with van der Waals surface area (Å²) in [6.07, 6.45) is 4.79. The number of hydrogen-bond donors (Lipinski definition) is 2. The lowest BCUT2D eigenvalue weighted by Crippen LogP contribution is -2.31. The zero-order chi connectivity index (χ0) is 14.0. The van der Waals surface area contributed by atoms with Crippen LogP contribution in [0.2, 0.25) is 0 Å². The van der Waals surface area contributed by atoms with Crippen LogP contribution in [0.4, 0.5) is 5.82 Å². The highest BCUT2D eigenvalue weighted by molar-refractivity contribution is 6.01. The Labute approximate surface area is 115 Å². The molecule has 1 aromatic rings. The number of unbranched alkanes of at least 4 members (excludes halogenated alkanes) is 1. The minimum atomic E-state index is 0.127. The van der Waals surface area contributed by atoms with Crippen LogP contribution in [0.5, 0.6) is 0 Å². The lowest BCUT2D eigenvalue weighted by atomic mass is 10.1. The maximum Gasteiger partial charge on any atom is 0.140 e. The molecule has 0 bridgehead atoms. The van der Waals surface area contributed by atoms with Crippen molar-refractivity contribution in [1.82, 2.24) is 4.98 Å². The summed E-state index contributed by atoms with van der Waals surface area (Å²) in [7, 11) is 0. The number of anilines is 1. The smallest absolute Gasteiger partial charge is 0.140 e. The molecule has 104 valence electrons. The molecule has 4 nitrogen and oxygen atoms in total. The second-order valence-electron chi connectivity index (χ2n) is 5.47. The number of pyridine rings is 1. The summed E-state index contributed by atoms with van der Waals surface area (Å²) >= 11 is 0. The zero-order valence-electron chi connectivity index (χ0n) is 12.2. The zero-order valence-corrected chi connectivity index (χ0v) is 12.2. The van der Waals surface area contributed by atoms with Crippen LogP contribution in [0.3, 0.4) is 0 Å². The quantitative estimate of drug-likeness (QED) is 0.610. The number of nitrogens with one attached hydrogen (secondary N) is 1. The van der Waals surface area contributed by atoms with Crippen LogP contribution in [-0.2, 0) is 0 Å². The van der Waals surface area contributed by atoms with Gasteiger partial charge in [-0.2, -0.15) is 0 Å². The number of rotatable bonds is 6. The Morgan fingerprint density at radius 2 is 2.16 bits per heavy atom. The standard InChI is InChI=1S/C15H24N4/c1-4-5-8-19(12-6-7-12)15-13(14(16)17)10(2)9-11(3)18-15/h9,12H,4-8H2,1-3H3,(H3,16,17). The molecule has 19 heavy (non-hydrogen) atoms. The van der Waals surface area contributed by atoms with Crippen molar-refractivity contribution in [2.75, 3.05) is 11.4 Å². The van der Waals surface area contributed by atoms with Gasteiger partial charge in [0, 0.05) is 18.3 Å². The predicted octanol–water partition coefficient (Wildman–Crippen LogP) is 2.75. The molecule has 1 aliphatic carbocycles. The van der Waals surface area contributed by atoms with Gasteiger partial charge in [0.05, 0.1) is 5.56 Å². The van der Waals surface area contributed by atoms with E-state index in [1.54, 1.807) is 0 Å². The van der Waals surface area contributed by atoms with Gasteiger partial charge in [-0.15, -0.1) is 0 Å². The number of aryl methyl sites for hydroxylation is 2. The summed E-state index contributed by atoms with van der Waals surface area (Å²) in [5.41, 5.74) is 8.64. The molecule has 0 spiro atoms. The highest BCUT2D eigenvalue weighted by Crippen LogP contribution is 2.33. The van der Waals surface area contributed by atoms with Gasteiger partial charge in [0.2, 0.25) is 0 Å². The van der Waals surface area contributed by atoms with Crippen molar-refractivity contribution < 1.29 is 0 Å². The number of nitrogen functional groups attached to an aromatic ring is 1. The van der Waals surface area contributed by atoms with E-state index in [0.717, 1.165) is 35.6 Å². The molecule has 0 saturated heterocycles. The van der Waals surface area contributed by atoms with Crippen LogP contribution in [0.25, 0.3) is 0 Å². The Bertz CT molecular complexity index is 477. The van der Waals surface area contributed by atoms with Gasteiger partial charge in [-0.05, 0) is 44.7 Å². The molecular weight excluding hydrogens is 236 g/mol. The molecule has 1 saturated carbocycles. The van der Waals surface area contributed by atoms with Crippen LogP contribution >= 0.6 is 0 Å². The van der Waals surface area contributed by atoms with Gasteiger partial charge in [-0.3, -0.25) is 5.41 Å². The van der Waals surface area contributed by atoms with Crippen molar-refractivity contribution >= 4 is 11.7 Å². The highest BCUT2D eigenvalue weighted by Gasteiger charge is 2.31. The maximum absolute atomic E-state index is 7.83. The van der Waals surface area contributed by atoms with Gasteiger partial charge in [0.25, 0.3) is 0 Å². The van der Waals surface area contributed by atoms with Gasteiger partial charge in [-0.1, -0.05) is 13.3 Å². The van der Waals surface area contributed by atoms with Crippen molar-refractivity contribution in [3.63, 3.8) is 0 Å². The van der Waals surface area contributed by atoms with Crippen LogP contribution < -0.4 is 10.6 Å². The summed E-state index contributed by atoms with van der Waals surface area (Å²) in [4.78, 5) is 7.04. The third-order valence-corrected chi connectivity index (χ3v) is 3.61. The monoisotopic (exact) mass is 260 g/mol. The maximum atomic E-state index is 7.83. The Morgan fingerprint density at radius 1 is 1.47 bits per heavy atom. The van der Waals surface area contributed by atoms with E-state index in [-0.39, 0.29) is 5.84 Å². The third kappa shape index (κ3) is 3.06. The molecule has 0 unspecified atom stereocenters. The van der Waals surface area contributed by atoms with E-state index in [1.807, 2.05) is 19.9 Å². The molecule has 1 aliphatic rings. The van der Waals surface area contributed by atoms with E-state index in [4.69, 9.17) is 11.1 Å². The summed E-state index contributed by atoms with van der Waals surface area (Å²) in [5, 5.41) is 7.83. The van der Waals surface area contributed by atoms with Gasteiger partial charge in [0.15, 0.2) is 0 Å². The number of aromatic nitrogens is 1. The Balaban J connectivity index is 2.42. The van der Waals surface area contributed by atoms with Crippen molar-refractivity contribution in [2.24, 2.45) is 5.73 Å². The van der Waals surface area contributed by atoms with Crippen LogP contribution in [0.1, 0.15) is 49.4 Å². The molecule has 0 aromatic carbocycles. The average Bonchev–Trinajstić information content (AvgIpc) is 3.12. The molecular formula is C15H24N4. The first-order valence-electron chi connectivity index (χ1n) is 7.13. The Hall–Kier alpha value is -1.58. The molecule has 4 heteroatoms. The lowest BCUT2D eigenvalue weighted by molar-refractivity contribution is 0.702. The number of nitrogens with zero attached hydrogens (tertiary/aromatic N) is 2. The van der Waals surface area contributed by atoms with Gasteiger partial charge in [0.1, 0.15) is 11.7 Å². The van der Waals surface area contributed by atoms with Crippen molar-refractivity contribution in [1.29, 1.82) is 5.41 Å². The predicted molar refractivity (Wildman–Crippen MR) is 80.0 cm³/mol. The minimum Gasteiger partial charge on any atom is -0.384 e. The largest absolute Gasteiger partial charge is 0.384 e. The van der Waals surface area contributed by atoms with Crippen LogP contribution in [0.15, 0.2) is 6.07 Å². The molecule has 1 aromatic heterocycles. The highest BCUT2D eigenvalue weighted by atomic mass is 15.2. The summed E-state index contributed by atoms with van der Waals surface area (Å²) < 4.78 is 0. The van der Waals surface area contributed by atoms with Crippen molar-refractivity contribution in [2.45, 2.75) is 52.5 Å². The molecule has 2 rings (SSSR count). The van der Waals surface area contributed by atoms with E-state index in [1.165, 1.54) is 19.3 Å². The normalized spacial score (nSPS) is 14.5. The molecule has 3 N–H and O–H groups in total. The number of amidine groups is 1. The van der Waals surface area contributed by atoms with Crippen LogP contribution in [0, 0.1) is 19.3 Å². The van der Waals surface area contributed by atoms with E-state index in [9.17, 15) is 0 Å². The van der Waals surface area contributed by atoms with E-state index in [2.05, 4.69) is 16.8 Å². The first kappa shape index (κ1) is 13.8. The Morgan fingerprint density at radius 3 is 2.68 bits per heavy atom. The van der Waals surface area contributed by atoms with Gasteiger partial charge >= 0.3 is 0 Å². The van der Waals surface area contributed by atoms with Gasteiger partial charge in [-0.25, -0.2) is 4.98 Å². The number of nitrogens with two attached hydrogens (primary N) is 1. The number of hydrogen-bond acceptors (Lipinski definition) is 3. The lowest BCUT2D eigenvalue weighted by Gasteiger charge is -2.26. The van der Waals surface area contributed by atoms with Crippen LogP contribution in [-0.4, -0.2) is 23.4 Å². The summed E-state index contributed by atoms with van der Waals surface area (Å²) in [6, 6.07) is 2.60. The van der Waals surface area contributed by atoms with E-state index >= 15 is 0 Å². The van der Waals surface area contributed by atoms with Gasteiger partial charge < -0.3 is 10.6 Å². The second-order valence-corrected chi connectivity index (χ2v) is 5.47. The summed E-state index contributed by atoms with van der Waals surface area (Å²) in [6.45, 7) is 7.23. The summed E-state index contributed by atoms with van der Waals surface area (Å²) in [5.74, 6) is 1.04. The average molecular weight is 260 g/mol. The Kier molecular flexibility index (Phi) is 4.08. The SMILES string of the molecule is CCCCN(c1nc(C)cc(C)c1C(=N)N)C1CC1. The molecule has 1 heterocycles. The van der Waals surface area contributed by atoms with E-state index in [0.29, 0.717) is 6.04 Å². The first-order valence-corrected chi connectivity index (χ1v) is 7.13. The fraction of sp³-hybridized carbons (Fsp3) is 0.600. The molecule has 0 aliphatic heterocycles. The van der Waals surface area contributed by atoms with Crippen molar-refractivity contribution in [3.05, 3.63) is 22.9 Å². The van der Waals surface area contributed by atoms with Crippen molar-refractivity contribution in [3.8, 4) is 0 Å². The molecule has 0 radical (unpaired) electrons. The fourth-order valence-electron chi connectivity index (χ4n) is 2.53. The topological polar surface area (TPSA) is 66.0 Å². The molecule has 0 amide bonds. The molecule has 0 atom stereocenters. The second kappa shape index (κ2) is 5.59. The minimum absolute atomic E-state index is 0.127. The fourth-order valence-corrected chi connectivity index (χ4v) is 2.53.